The lowest BCUT2D eigenvalue weighted by Crippen LogP contribution is -2.12. The summed E-state index contributed by atoms with van der Waals surface area (Å²) in [5, 5.41) is 4.43. The minimum atomic E-state index is -0.241. The van der Waals surface area contributed by atoms with Crippen LogP contribution in [0.4, 0.5) is 0 Å². The first-order valence-electron chi connectivity index (χ1n) is 8.38. The van der Waals surface area contributed by atoms with Gasteiger partial charge in [0.05, 0.1) is 19.4 Å². The van der Waals surface area contributed by atoms with Gasteiger partial charge in [-0.15, -0.1) is 0 Å². The molecule has 0 saturated carbocycles. The number of hydrazone groups is 1. The number of benzene rings is 2. The predicted molar refractivity (Wildman–Crippen MR) is 104 cm³/mol. The first-order valence-corrected chi connectivity index (χ1v) is 8.75. The molecule has 0 fully saturated rings. The van der Waals surface area contributed by atoms with E-state index < -0.39 is 0 Å². The summed E-state index contributed by atoms with van der Waals surface area (Å²) in [4.78, 5) is 10.9. The predicted octanol–water partition coefficient (Wildman–Crippen LogP) is 4.27. The fourth-order valence-corrected chi connectivity index (χ4v) is 2.51. The number of nitrogens with one attached hydrogen (secondary N) is 1. The van der Waals surface area contributed by atoms with Gasteiger partial charge in [0.25, 0.3) is 0 Å². The van der Waals surface area contributed by atoms with Crippen molar-refractivity contribution in [2.45, 2.75) is 27.2 Å². The molecule has 5 nitrogen and oxygen atoms in total. The van der Waals surface area contributed by atoms with Crippen LogP contribution in [0.5, 0.6) is 11.5 Å². The fraction of sp³-hybridized carbons (Fsp3) is 0.300. The van der Waals surface area contributed by atoms with E-state index in [9.17, 15) is 4.79 Å². The van der Waals surface area contributed by atoms with Gasteiger partial charge in [-0.1, -0.05) is 29.3 Å². The van der Waals surface area contributed by atoms with Crippen molar-refractivity contribution in [1.82, 2.24) is 5.43 Å². The third-order valence-electron chi connectivity index (χ3n) is 3.53. The number of hydrogen-bond donors (Lipinski definition) is 1. The number of carbonyl (C=O) groups is 1. The molecule has 2 aromatic carbocycles. The van der Waals surface area contributed by atoms with E-state index in [0.717, 1.165) is 17.7 Å². The average molecular weight is 375 g/mol. The molecule has 0 aliphatic heterocycles. The quantitative estimate of drug-likeness (QED) is 0.426. The maximum atomic E-state index is 10.9. The van der Waals surface area contributed by atoms with Crippen molar-refractivity contribution < 1.29 is 14.3 Å². The monoisotopic (exact) mass is 374 g/mol. The summed E-state index contributed by atoms with van der Waals surface area (Å²) in [6, 6.07) is 11.4. The van der Waals surface area contributed by atoms with Gasteiger partial charge in [-0.25, -0.2) is 5.43 Å². The van der Waals surface area contributed by atoms with Crippen molar-refractivity contribution in [3.8, 4) is 11.5 Å². The highest BCUT2D eigenvalue weighted by atomic mass is 35.5. The van der Waals surface area contributed by atoms with Crippen LogP contribution in [0.25, 0.3) is 0 Å². The van der Waals surface area contributed by atoms with Gasteiger partial charge in [0.15, 0.2) is 0 Å². The van der Waals surface area contributed by atoms with Crippen molar-refractivity contribution in [1.29, 1.82) is 0 Å². The normalized spacial score (nSPS) is 10.8. The van der Waals surface area contributed by atoms with Gasteiger partial charge < -0.3 is 9.47 Å². The smallest absolute Gasteiger partial charge is 0.236 e. The van der Waals surface area contributed by atoms with Gasteiger partial charge in [0.1, 0.15) is 11.5 Å². The molecule has 1 N–H and O–H groups in total. The second-order valence-electron chi connectivity index (χ2n) is 5.93. The molecule has 0 bridgehead atoms. The lowest BCUT2D eigenvalue weighted by Gasteiger charge is -2.12. The van der Waals surface area contributed by atoms with Crippen LogP contribution < -0.4 is 14.9 Å². The van der Waals surface area contributed by atoms with Crippen molar-refractivity contribution in [3.05, 3.63) is 58.1 Å². The van der Waals surface area contributed by atoms with Crippen LogP contribution >= 0.6 is 11.6 Å². The number of hydrogen-bond acceptors (Lipinski definition) is 4. The molecule has 26 heavy (non-hydrogen) atoms. The van der Waals surface area contributed by atoms with Crippen LogP contribution in [0.15, 0.2) is 41.5 Å². The zero-order valence-electron chi connectivity index (χ0n) is 15.2. The number of ether oxygens (including phenoxy) is 2. The molecule has 0 radical (unpaired) electrons. The van der Waals surface area contributed by atoms with E-state index in [2.05, 4.69) is 23.5 Å². The molecule has 0 aromatic heterocycles. The van der Waals surface area contributed by atoms with Crippen LogP contribution in [0.2, 0.25) is 5.02 Å². The Balaban J connectivity index is 1.85. The minimum Gasteiger partial charge on any atom is -0.493 e. The molecule has 0 aliphatic carbocycles. The third-order valence-corrected chi connectivity index (χ3v) is 3.77. The molecule has 6 heteroatoms. The van der Waals surface area contributed by atoms with E-state index in [-0.39, 0.29) is 5.91 Å². The summed E-state index contributed by atoms with van der Waals surface area (Å²) in [5.41, 5.74) is 5.39. The first-order chi connectivity index (χ1) is 12.5. The van der Waals surface area contributed by atoms with Gasteiger partial charge in [-0.2, -0.15) is 5.10 Å². The van der Waals surface area contributed by atoms with Crippen molar-refractivity contribution in [2.75, 3.05) is 13.2 Å². The number of halogens is 1. The zero-order valence-corrected chi connectivity index (χ0v) is 16.0. The Kier molecular flexibility index (Phi) is 7.48. The first kappa shape index (κ1) is 19.8. The Bertz CT molecular complexity index is 791. The van der Waals surface area contributed by atoms with E-state index in [1.165, 1.54) is 18.7 Å². The van der Waals surface area contributed by atoms with Crippen molar-refractivity contribution >= 4 is 23.7 Å². The van der Waals surface area contributed by atoms with Crippen LogP contribution in [0.1, 0.15) is 30.0 Å². The van der Waals surface area contributed by atoms with Crippen molar-refractivity contribution in [3.63, 3.8) is 0 Å². The molecule has 0 unspecified atom stereocenters. The maximum absolute atomic E-state index is 10.9. The van der Waals surface area contributed by atoms with E-state index in [0.29, 0.717) is 29.5 Å². The van der Waals surface area contributed by atoms with E-state index in [1.807, 2.05) is 19.1 Å². The van der Waals surface area contributed by atoms with Gasteiger partial charge in [-0.05, 0) is 43.7 Å². The van der Waals surface area contributed by atoms with Crippen LogP contribution in [0.3, 0.4) is 0 Å². The zero-order chi connectivity index (χ0) is 18.9. The Hall–Kier alpha value is -2.53. The summed E-state index contributed by atoms with van der Waals surface area (Å²) in [6.45, 7) is 6.54. The molecule has 0 saturated heterocycles. The van der Waals surface area contributed by atoms with E-state index >= 15 is 0 Å². The molecule has 2 aromatic rings. The molecular weight excluding hydrogens is 352 g/mol. The van der Waals surface area contributed by atoms with Gasteiger partial charge in [0.2, 0.25) is 5.91 Å². The summed E-state index contributed by atoms with van der Waals surface area (Å²) < 4.78 is 11.6. The second kappa shape index (κ2) is 9.82. The largest absolute Gasteiger partial charge is 0.493 e. The number of carbonyl (C=O) groups excluding carboxylic acids is 1. The van der Waals surface area contributed by atoms with E-state index in [4.69, 9.17) is 21.1 Å². The molecular formula is C20H23ClN2O3. The fourth-order valence-electron chi connectivity index (χ4n) is 2.33. The number of amides is 1. The molecule has 0 spiro atoms. The molecule has 0 heterocycles. The molecule has 0 atom stereocenters. The Labute approximate surface area is 159 Å². The lowest BCUT2D eigenvalue weighted by molar-refractivity contribution is -0.118. The highest BCUT2D eigenvalue weighted by Crippen LogP contribution is 2.22. The van der Waals surface area contributed by atoms with Crippen molar-refractivity contribution in [2.24, 2.45) is 5.10 Å². The Morgan fingerprint density at radius 2 is 1.81 bits per heavy atom. The van der Waals surface area contributed by atoms with Gasteiger partial charge in [-0.3, -0.25) is 4.79 Å². The molecule has 1 amide bonds. The summed E-state index contributed by atoms with van der Waals surface area (Å²) in [5.74, 6) is 1.30. The molecule has 138 valence electrons. The number of nitrogens with zero attached hydrogens (tertiary/aromatic N) is 1. The average Bonchev–Trinajstić information content (AvgIpc) is 2.57. The minimum absolute atomic E-state index is 0.241. The SMILES string of the molecule is CC(=O)NN=Cc1cc(Cl)ccc1OCCCOc1ccc(C)cc1C. The third kappa shape index (κ3) is 6.41. The molecule has 0 aliphatic rings. The summed E-state index contributed by atoms with van der Waals surface area (Å²) in [7, 11) is 0. The summed E-state index contributed by atoms with van der Waals surface area (Å²) >= 11 is 6.01. The standard InChI is InChI=1S/C20H23ClN2O3/c1-14-5-7-19(15(2)11-14)25-9-4-10-26-20-8-6-18(21)12-17(20)13-22-23-16(3)24/h5-8,11-13H,4,9-10H2,1-3H3,(H,23,24). The van der Waals surface area contributed by atoms with Crippen LogP contribution in [-0.2, 0) is 4.79 Å². The maximum Gasteiger partial charge on any atom is 0.236 e. The van der Waals surface area contributed by atoms with E-state index in [1.54, 1.807) is 18.2 Å². The number of aryl methyl sites for hydroxylation is 2. The summed E-state index contributed by atoms with van der Waals surface area (Å²) in [6.07, 6.45) is 2.24. The van der Waals surface area contributed by atoms with Crippen LogP contribution in [-0.4, -0.2) is 25.3 Å². The van der Waals surface area contributed by atoms with Gasteiger partial charge >= 0.3 is 0 Å². The number of rotatable bonds is 8. The Morgan fingerprint density at radius 3 is 2.50 bits per heavy atom. The second-order valence-corrected chi connectivity index (χ2v) is 6.36. The Morgan fingerprint density at radius 1 is 1.12 bits per heavy atom. The highest BCUT2D eigenvalue weighted by molar-refractivity contribution is 6.30. The van der Waals surface area contributed by atoms with Crippen LogP contribution in [0, 0.1) is 13.8 Å². The highest BCUT2D eigenvalue weighted by Gasteiger charge is 2.04. The lowest BCUT2D eigenvalue weighted by atomic mass is 10.1. The topological polar surface area (TPSA) is 59.9 Å². The molecule has 2 rings (SSSR count). The van der Waals surface area contributed by atoms with Gasteiger partial charge in [0, 0.05) is 23.9 Å².